The van der Waals surface area contributed by atoms with Crippen molar-refractivity contribution in [2.24, 2.45) is 4.99 Å². The Hall–Kier alpha value is -0.330. The Balaban J connectivity index is 0.00000261. The first-order valence-electron chi connectivity index (χ1n) is 9.36. The van der Waals surface area contributed by atoms with Gasteiger partial charge in [0.15, 0.2) is 5.96 Å². The van der Waals surface area contributed by atoms with E-state index in [0.29, 0.717) is 0 Å². The van der Waals surface area contributed by atoms with Gasteiger partial charge in [0.2, 0.25) is 5.13 Å². The second kappa shape index (κ2) is 10.4. The molecule has 0 radical (unpaired) electrons. The third kappa shape index (κ3) is 5.39. The number of likely N-dealkylation sites (N-methyl/N-ethyl adjacent to an activating group) is 1. The molecule has 0 saturated carbocycles. The fraction of sp³-hybridized carbons (Fsp3) is 0.824. The molecule has 1 aromatic rings. The van der Waals surface area contributed by atoms with Crippen LogP contribution < -0.4 is 10.2 Å². The molecule has 3 rings (SSSR count). The number of thioether (sulfide) groups is 1. The second-order valence-corrected chi connectivity index (χ2v) is 8.98. The van der Waals surface area contributed by atoms with Crippen molar-refractivity contribution in [3.8, 4) is 0 Å². The van der Waals surface area contributed by atoms with Crippen LogP contribution in [0.4, 0.5) is 5.13 Å². The van der Waals surface area contributed by atoms with Crippen LogP contribution in [0.5, 0.6) is 0 Å². The molecule has 27 heavy (non-hydrogen) atoms. The average Bonchev–Trinajstić information content (AvgIpc) is 3.33. The van der Waals surface area contributed by atoms with E-state index in [2.05, 4.69) is 67.1 Å². The summed E-state index contributed by atoms with van der Waals surface area (Å²) in [4.78, 5) is 16.2. The summed E-state index contributed by atoms with van der Waals surface area (Å²) in [5.41, 5.74) is 0.242. The average molecular weight is 526 g/mol. The van der Waals surface area contributed by atoms with Crippen LogP contribution in [0.1, 0.15) is 19.2 Å². The number of hydrogen-bond donors (Lipinski definition) is 1. The number of halogens is 1. The van der Waals surface area contributed by atoms with E-state index in [4.69, 9.17) is 0 Å². The highest BCUT2D eigenvalue weighted by Crippen LogP contribution is 2.31. The van der Waals surface area contributed by atoms with E-state index in [9.17, 15) is 0 Å². The molecule has 0 spiro atoms. The fourth-order valence-electron chi connectivity index (χ4n) is 3.45. The van der Waals surface area contributed by atoms with E-state index in [1.807, 2.05) is 7.05 Å². The summed E-state index contributed by atoms with van der Waals surface area (Å²) in [6, 6.07) is 0. The smallest absolute Gasteiger partial charge is 0.205 e. The Morgan fingerprint density at radius 1 is 1.30 bits per heavy atom. The van der Waals surface area contributed by atoms with E-state index in [1.54, 1.807) is 0 Å². The van der Waals surface area contributed by atoms with Gasteiger partial charge >= 0.3 is 0 Å². The molecule has 1 N–H and O–H groups in total. The molecule has 2 saturated heterocycles. The lowest BCUT2D eigenvalue weighted by molar-refractivity contribution is 0.181. The van der Waals surface area contributed by atoms with Gasteiger partial charge in [0.1, 0.15) is 5.82 Å². The number of hydrogen-bond acceptors (Lipinski definition) is 7. The zero-order valence-corrected chi connectivity index (χ0v) is 20.7. The molecule has 10 heteroatoms. The number of guanidine groups is 1. The van der Waals surface area contributed by atoms with Gasteiger partial charge in [0.25, 0.3) is 0 Å². The Kier molecular flexibility index (Phi) is 8.88. The topological polar surface area (TPSA) is 59.9 Å². The summed E-state index contributed by atoms with van der Waals surface area (Å²) < 4.78 is 4.41. The first kappa shape index (κ1) is 23.0. The zero-order valence-electron chi connectivity index (χ0n) is 16.8. The molecule has 7 nitrogen and oxygen atoms in total. The molecule has 1 atom stereocenters. The van der Waals surface area contributed by atoms with Crippen molar-refractivity contribution in [1.29, 1.82) is 0 Å². The molecule has 0 aliphatic carbocycles. The number of nitrogens with zero attached hydrogens (tertiary/aromatic N) is 6. The second-order valence-electron chi connectivity index (χ2n) is 7.14. The Labute approximate surface area is 188 Å². The van der Waals surface area contributed by atoms with Gasteiger partial charge in [-0.25, -0.2) is 4.98 Å². The SMILES string of the molecule is CCc1nsc(N2CCN(C(=NC)NCC3(N(C)C)CCSC3)CC2)n1.I. The molecule has 3 heterocycles. The molecule has 1 unspecified atom stereocenters. The first-order chi connectivity index (χ1) is 12.6. The number of aryl methyl sites for hydroxylation is 1. The van der Waals surface area contributed by atoms with Crippen LogP contribution in [0.15, 0.2) is 4.99 Å². The minimum atomic E-state index is 0. The van der Waals surface area contributed by atoms with Crippen LogP contribution in [0.2, 0.25) is 0 Å². The maximum Gasteiger partial charge on any atom is 0.205 e. The predicted octanol–water partition coefficient (Wildman–Crippen LogP) is 1.85. The normalized spacial score (nSPS) is 23.7. The third-order valence-electron chi connectivity index (χ3n) is 5.44. The summed E-state index contributed by atoms with van der Waals surface area (Å²) in [7, 11) is 6.28. The van der Waals surface area contributed by atoms with E-state index < -0.39 is 0 Å². The van der Waals surface area contributed by atoms with Crippen LogP contribution in [0, 0.1) is 0 Å². The van der Waals surface area contributed by atoms with E-state index in [0.717, 1.165) is 56.1 Å². The predicted molar refractivity (Wildman–Crippen MR) is 128 cm³/mol. The van der Waals surface area contributed by atoms with Crippen molar-refractivity contribution in [3.05, 3.63) is 5.82 Å². The van der Waals surface area contributed by atoms with Crippen molar-refractivity contribution < 1.29 is 0 Å². The van der Waals surface area contributed by atoms with Gasteiger partial charge in [0, 0.05) is 69.0 Å². The van der Waals surface area contributed by atoms with Crippen molar-refractivity contribution in [1.82, 2.24) is 24.5 Å². The molecule has 2 aliphatic heterocycles. The number of anilines is 1. The highest BCUT2D eigenvalue weighted by Gasteiger charge is 2.37. The summed E-state index contributed by atoms with van der Waals surface area (Å²) in [6.07, 6.45) is 2.14. The van der Waals surface area contributed by atoms with Gasteiger partial charge in [-0.05, 0) is 26.3 Å². The standard InChI is InChI=1S/C17H31N7S2.HI/c1-5-14-20-16(26-21-14)24-9-7-23(8-10-24)15(18-2)19-12-17(22(3)4)6-11-25-13-17;/h5-13H2,1-4H3,(H,18,19);1H. The molecule has 0 bridgehead atoms. The largest absolute Gasteiger partial charge is 0.354 e. The van der Waals surface area contributed by atoms with E-state index in [-0.39, 0.29) is 29.5 Å². The molecule has 154 valence electrons. The van der Waals surface area contributed by atoms with Gasteiger partial charge in [-0.1, -0.05) is 6.92 Å². The van der Waals surface area contributed by atoms with Gasteiger partial charge in [-0.3, -0.25) is 4.99 Å². The van der Waals surface area contributed by atoms with Crippen LogP contribution in [0.25, 0.3) is 0 Å². The minimum absolute atomic E-state index is 0. The van der Waals surface area contributed by atoms with Crippen LogP contribution in [-0.2, 0) is 6.42 Å². The number of rotatable bonds is 5. The minimum Gasteiger partial charge on any atom is -0.354 e. The maximum absolute atomic E-state index is 4.62. The fourth-order valence-corrected chi connectivity index (χ4v) is 5.80. The van der Waals surface area contributed by atoms with E-state index in [1.165, 1.54) is 29.5 Å². The lowest BCUT2D eigenvalue weighted by atomic mass is 9.97. The summed E-state index contributed by atoms with van der Waals surface area (Å²) >= 11 is 3.57. The Morgan fingerprint density at radius 2 is 2.04 bits per heavy atom. The van der Waals surface area contributed by atoms with Gasteiger partial charge in [-0.15, -0.1) is 24.0 Å². The van der Waals surface area contributed by atoms with Crippen molar-refractivity contribution in [3.63, 3.8) is 0 Å². The molecule has 1 aromatic heterocycles. The maximum atomic E-state index is 4.62. The monoisotopic (exact) mass is 525 g/mol. The highest BCUT2D eigenvalue weighted by molar-refractivity contribution is 14.0. The number of piperazine rings is 1. The molecule has 2 fully saturated rings. The lowest BCUT2D eigenvalue weighted by Crippen LogP contribution is -2.57. The van der Waals surface area contributed by atoms with Crippen molar-refractivity contribution in [2.75, 3.05) is 70.3 Å². The molecule has 0 amide bonds. The van der Waals surface area contributed by atoms with Crippen LogP contribution in [0.3, 0.4) is 0 Å². The van der Waals surface area contributed by atoms with Gasteiger partial charge in [0.05, 0.1) is 0 Å². The van der Waals surface area contributed by atoms with Crippen molar-refractivity contribution in [2.45, 2.75) is 25.3 Å². The summed E-state index contributed by atoms with van der Waals surface area (Å²) in [6.45, 7) is 6.91. The molecule has 2 aliphatic rings. The summed E-state index contributed by atoms with van der Waals surface area (Å²) in [5.74, 6) is 4.41. The lowest BCUT2D eigenvalue weighted by Gasteiger charge is -2.39. The Morgan fingerprint density at radius 3 is 2.56 bits per heavy atom. The number of nitrogens with one attached hydrogen (secondary N) is 1. The first-order valence-corrected chi connectivity index (χ1v) is 11.3. The van der Waals surface area contributed by atoms with E-state index >= 15 is 0 Å². The number of aromatic nitrogens is 2. The Bertz CT molecular complexity index is 608. The highest BCUT2D eigenvalue weighted by atomic mass is 127. The zero-order chi connectivity index (χ0) is 18.6. The molecular weight excluding hydrogens is 493 g/mol. The van der Waals surface area contributed by atoms with Gasteiger partial charge in [-0.2, -0.15) is 16.1 Å². The molecule has 0 aromatic carbocycles. The van der Waals surface area contributed by atoms with Crippen LogP contribution >= 0.6 is 47.3 Å². The van der Waals surface area contributed by atoms with Gasteiger partial charge < -0.3 is 20.0 Å². The molecular formula is C17H32IN7S2. The quantitative estimate of drug-likeness (QED) is 0.358. The summed E-state index contributed by atoms with van der Waals surface area (Å²) in [5, 5.41) is 4.70. The third-order valence-corrected chi connectivity index (χ3v) is 7.49. The van der Waals surface area contributed by atoms with Crippen LogP contribution in [-0.4, -0.2) is 96.0 Å². The van der Waals surface area contributed by atoms with Crippen molar-refractivity contribution >= 4 is 58.4 Å². The number of aliphatic imine (C=N–C) groups is 1.